The zero-order valence-corrected chi connectivity index (χ0v) is 16.6. The molecule has 0 fully saturated rings. The molecule has 5 nitrogen and oxygen atoms in total. The fourth-order valence-electron chi connectivity index (χ4n) is 4.03. The number of rotatable bonds is 4. The molecule has 6 heteroatoms. The van der Waals surface area contributed by atoms with Crippen LogP contribution in [0.1, 0.15) is 28.8 Å². The third-order valence-electron chi connectivity index (χ3n) is 5.40. The lowest BCUT2D eigenvalue weighted by Gasteiger charge is -2.24. The number of nitrogens with one attached hydrogen (secondary N) is 2. The highest BCUT2D eigenvalue weighted by Gasteiger charge is 2.27. The molecular formula is C21H24N2O3S. The van der Waals surface area contributed by atoms with Gasteiger partial charge in [-0.15, -0.1) is 0 Å². The normalized spacial score (nSPS) is 17.1. The Morgan fingerprint density at radius 1 is 1.15 bits per heavy atom. The predicted molar refractivity (Wildman–Crippen MR) is 107 cm³/mol. The largest absolute Gasteiger partial charge is 0.496 e. The number of benzene rings is 2. The molecule has 0 amide bonds. The molecule has 1 unspecified atom stereocenters. The van der Waals surface area contributed by atoms with Crippen molar-refractivity contribution in [3.63, 3.8) is 0 Å². The first-order valence-electron chi connectivity index (χ1n) is 9.15. The molecule has 0 spiro atoms. The van der Waals surface area contributed by atoms with Gasteiger partial charge in [-0.25, -0.2) is 13.1 Å². The number of para-hydroxylation sites is 1. The van der Waals surface area contributed by atoms with Crippen LogP contribution in [0, 0.1) is 13.8 Å². The van der Waals surface area contributed by atoms with Gasteiger partial charge in [-0.2, -0.15) is 0 Å². The Morgan fingerprint density at radius 2 is 1.93 bits per heavy atom. The van der Waals surface area contributed by atoms with Gasteiger partial charge in [0.05, 0.1) is 12.0 Å². The molecule has 142 valence electrons. The fourth-order valence-corrected chi connectivity index (χ4v) is 5.61. The summed E-state index contributed by atoms with van der Waals surface area (Å²) in [7, 11) is -2.00. The second-order valence-electron chi connectivity index (χ2n) is 7.28. The summed E-state index contributed by atoms with van der Waals surface area (Å²) in [5.74, 6) is 0.701. The Labute approximate surface area is 159 Å². The van der Waals surface area contributed by atoms with Gasteiger partial charge < -0.3 is 9.72 Å². The Bertz CT molecular complexity index is 1120. The summed E-state index contributed by atoms with van der Waals surface area (Å²) in [5, 5.41) is 1.19. The molecule has 1 heterocycles. The van der Waals surface area contributed by atoms with Crippen molar-refractivity contribution in [1.29, 1.82) is 0 Å². The van der Waals surface area contributed by atoms with Gasteiger partial charge in [0.25, 0.3) is 0 Å². The van der Waals surface area contributed by atoms with Crippen LogP contribution in [0.15, 0.2) is 41.3 Å². The summed E-state index contributed by atoms with van der Waals surface area (Å²) < 4.78 is 34.3. The van der Waals surface area contributed by atoms with Crippen molar-refractivity contribution in [3.05, 3.63) is 58.8 Å². The first-order chi connectivity index (χ1) is 12.9. The van der Waals surface area contributed by atoms with E-state index in [-0.39, 0.29) is 6.04 Å². The van der Waals surface area contributed by atoms with Gasteiger partial charge in [0.15, 0.2) is 0 Å². The number of H-pyrrole nitrogens is 1. The molecule has 2 N–H and O–H groups in total. The van der Waals surface area contributed by atoms with E-state index in [1.807, 2.05) is 19.1 Å². The zero-order valence-electron chi connectivity index (χ0n) is 15.8. The van der Waals surface area contributed by atoms with Crippen molar-refractivity contribution in [2.45, 2.75) is 44.0 Å². The van der Waals surface area contributed by atoms with E-state index in [1.165, 1.54) is 16.6 Å². The molecule has 1 aliphatic rings. The lowest BCUT2D eigenvalue weighted by atomic mass is 9.92. The summed E-state index contributed by atoms with van der Waals surface area (Å²) in [4.78, 5) is 3.79. The number of aryl methyl sites for hydroxylation is 3. The van der Waals surface area contributed by atoms with Crippen LogP contribution in [-0.4, -0.2) is 26.6 Å². The average Bonchev–Trinajstić information content (AvgIpc) is 3.01. The molecule has 1 aromatic heterocycles. The maximum atomic E-state index is 13.0. The maximum absolute atomic E-state index is 13.0. The van der Waals surface area contributed by atoms with Crippen molar-refractivity contribution in [3.8, 4) is 5.75 Å². The van der Waals surface area contributed by atoms with Crippen molar-refractivity contribution in [1.82, 2.24) is 9.71 Å². The number of aromatic amines is 1. The van der Waals surface area contributed by atoms with Crippen LogP contribution in [0.25, 0.3) is 10.9 Å². The summed E-state index contributed by atoms with van der Waals surface area (Å²) in [5.41, 5.74) is 5.07. The zero-order chi connectivity index (χ0) is 19.2. The average molecular weight is 385 g/mol. The minimum Gasteiger partial charge on any atom is -0.496 e. The van der Waals surface area contributed by atoms with Crippen molar-refractivity contribution >= 4 is 20.9 Å². The molecule has 0 saturated heterocycles. The third kappa shape index (κ3) is 3.24. The molecule has 0 aliphatic heterocycles. The molecule has 0 bridgehead atoms. The van der Waals surface area contributed by atoms with Gasteiger partial charge in [-0.1, -0.05) is 18.2 Å². The summed E-state index contributed by atoms with van der Waals surface area (Å²) in [6, 6.07) is 11.6. The van der Waals surface area contributed by atoms with E-state index >= 15 is 0 Å². The summed E-state index contributed by atoms with van der Waals surface area (Å²) in [6.07, 6.45) is 2.33. The van der Waals surface area contributed by atoms with Crippen LogP contribution in [0.4, 0.5) is 0 Å². The third-order valence-corrected chi connectivity index (χ3v) is 7.06. The predicted octanol–water partition coefficient (Wildman–Crippen LogP) is 3.63. The number of ether oxygens (including phenoxy) is 1. The van der Waals surface area contributed by atoms with Gasteiger partial charge >= 0.3 is 0 Å². The molecule has 1 atom stereocenters. The highest BCUT2D eigenvalue weighted by atomic mass is 32.2. The van der Waals surface area contributed by atoms with E-state index in [2.05, 4.69) is 21.8 Å². The van der Waals surface area contributed by atoms with Crippen LogP contribution in [0.2, 0.25) is 0 Å². The molecular weight excluding hydrogens is 360 g/mol. The van der Waals surface area contributed by atoms with Gasteiger partial charge in [0, 0.05) is 22.6 Å². The summed E-state index contributed by atoms with van der Waals surface area (Å²) >= 11 is 0. The van der Waals surface area contributed by atoms with Crippen LogP contribution in [0.3, 0.4) is 0 Å². The highest BCUT2D eigenvalue weighted by molar-refractivity contribution is 7.89. The Balaban J connectivity index is 1.62. The minimum absolute atomic E-state index is 0.108. The molecule has 4 rings (SSSR count). The SMILES string of the molecule is COc1cc(C)c(S(=O)(=O)NC2CCc3[nH]c4ccccc4c3C2)cc1C. The second-order valence-corrected chi connectivity index (χ2v) is 8.96. The van der Waals surface area contributed by atoms with Gasteiger partial charge in [0.2, 0.25) is 10.0 Å². The first-order valence-corrected chi connectivity index (χ1v) is 10.6. The van der Waals surface area contributed by atoms with Crippen molar-refractivity contribution < 1.29 is 13.2 Å². The number of aromatic nitrogens is 1. The van der Waals surface area contributed by atoms with E-state index in [9.17, 15) is 8.42 Å². The maximum Gasteiger partial charge on any atom is 0.241 e. The molecule has 27 heavy (non-hydrogen) atoms. The lowest BCUT2D eigenvalue weighted by Crippen LogP contribution is -2.39. The molecule has 0 saturated carbocycles. The molecule has 3 aromatic rings. The monoisotopic (exact) mass is 384 g/mol. The van der Waals surface area contributed by atoms with E-state index < -0.39 is 10.0 Å². The number of hydrogen-bond acceptors (Lipinski definition) is 3. The van der Waals surface area contributed by atoms with Crippen molar-refractivity contribution in [2.24, 2.45) is 0 Å². The van der Waals surface area contributed by atoms with Crippen LogP contribution >= 0.6 is 0 Å². The van der Waals surface area contributed by atoms with Crippen LogP contribution in [-0.2, 0) is 22.9 Å². The van der Waals surface area contributed by atoms with E-state index in [0.29, 0.717) is 22.6 Å². The molecule has 2 aromatic carbocycles. The van der Waals surface area contributed by atoms with Gasteiger partial charge in [-0.05, 0) is 68.0 Å². The number of methoxy groups -OCH3 is 1. The van der Waals surface area contributed by atoms with E-state index in [4.69, 9.17) is 4.74 Å². The minimum atomic E-state index is -3.59. The quantitative estimate of drug-likeness (QED) is 0.722. The number of sulfonamides is 1. The summed E-state index contributed by atoms with van der Waals surface area (Å²) in [6.45, 7) is 3.66. The van der Waals surface area contributed by atoms with Crippen LogP contribution < -0.4 is 9.46 Å². The Morgan fingerprint density at radius 3 is 2.70 bits per heavy atom. The van der Waals surface area contributed by atoms with E-state index in [0.717, 1.165) is 23.9 Å². The van der Waals surface area contributed by atoms with Gasteiger partial charge in [0.1, 0.15) is 5.75 Å². The second kappa shape index (κ2) is 6.69. The highest BCUT2D eigenvalue weighted by Crippen LogP contribution is 2.30. The fraction of sp³-hybridized carbons (Fsp3) is 0.333. The number of fused-ring (bicyclic) bond motifs is 3. The smallest absolute Gasteiger partial charge is 0.241 e. The molecule has 1 aliphatic carbocycles. The first kappa shape index (κ1) is 18.1. The molecule has 0 radical (unpaired) electrons. The van der Waals surface area contributed by atoms with E-state index in [1.54, 1.807) is 26.2 Å². The topological polar surface area (TPSA) is 71.2 Å². The number of hydrogen-bond donors (Lipinski definition) is 2. The standard InChI is InChI=1S/C21H24N2O3S/c1-13-11-21(14(2)10-20(13)26-3)27(24,25)23-15-8-9-19-17(12-15)16-6-4-5-7-18(16)22-19/h4-7,10-11,15,22-23H,8-9,12H2,1-3H3. The Hall–Kier alpha value is -2.31. The van der Waals surface area contributed by atoms with Crippen molar-refractivity contribution in [2.75, 3.05) is 7.11 Å². The van der Waals surface area contributed by atoms with Crippen LogP contribution in [0.5, 0.6) is 5.75 Å². The Kier molecular flexibility index (Phi) is 4.48. The van der Waals surface area contributed by atoms with Gasteiger partial charge in [-0.3, -0.25) is 0 Å². The lowest BCUT2D eigenvalue weighted by molar-refractivity contribution is 0.411.